The molecule has 0 saturated carbocycles. The first-order valence-electron chi connectivity index (χ1n) is 10.7. The molecule has 0 aliphatic rings. The van der Waals surface area contributed by atoms with E-state index in [1.54, 1.807) is 11.5 Å². The lowest BCUT2D eigenvalue weighted by atomic mass is 10.1. The van der Waals surface area contributed by atoms with Crippen molar-refractivity contribution in [3.8, 4) is 0 Å². The minimum absolute atomic E-state index is 0.0776. The number of hydrogen-bond acceptors (Lipinski definition) is 3. The van der Waals surface area contributed by atoms with Crippen molar-refractivity contribution in [3.05, 3.63) is 105 Å². The molecule has 2 amide bonds. The number of nitrogens with zero attached hydrogens (tertiary/aromatic N) is 1. The maximum absolute atomic E-state index is 12.9. The third-order valence-electron chi connectivity index (χ3n) is 5.14. The van der Waals surface area contributed by atoms with E-state index >= 15 is 0 Å². The van der Waals surface area contributed by atoms with Crippen LogP contribution in [0.4, 0.5) is 13.2 Å². The number of aryl methyl sites for hydroxylation is 2. The van der Waals surface area contributed by atoms with Gasteiger partial charge in [0.15, 0.2) is 0 Å². The van der Waals surface area contributed by atoms with Crippen LogP contribution < -0.4 is 16.1 Å². The summed E-state index contributed by atoms with van der Waals surface area (Å²) in [6, 6.07) is 14.0. The van der Waals surface area contributed by atoms with Gasteiger partial charge >= 0.3 is 6.18 Å². The van der Waals surface area contributed by atoms with Crippen molar-refractivity contribution in [2.24, 2.45) is 0 Å². The van der Waals surface area contributed by atoms with Gasteiger partial charge in [0.2, 0.25) is 5.43 Å². The number of pyridine rings is 1. The predicted molar refractivity (Wildman–Crippen MR) is 121 cm³/mol. The Kier molecular flexibility index (Phi) is 7.88. The van der Waals surface area contributed by atoms with E-state index in [-0.39, 0.29) is 17.7 Å². The summed E-state index contributed by atoms with van der Waals surface area (Å²) in [6.45, 7) is 2.38. The van der Waals surface area contributed by atoms with Gasteiger partial charge in [-0.3, -0.25) is 14.4 Å². The summed E-state index contributed by atoms with van der Waals surface area (Å²) in [6.07, 6.45) is -1.03. The first-order valence-corrected chi connectivity index (χ1v) is 10.7. The fraction of sp³-hybridized carbons (Fsp3) is 0.240. The zero-order valence-corrected chi connectivity index (χ0v) is 18.5. The van der Waals surface area contributed by atoms with Gasteiger partial charge in [-0.25, -0.2) is 0 Å². The van der Waals surface area contributed by atoms with E-state index in [2.05, 4.69) is 10.6 Å². The number of nitrogens with one attached hydrogen (secondary N) is 2. The Labute approximate surface area is 194 Å². The molecule has 0 aliphatic heterocycles. The van der Waals surface area contributed by atoms with Crippen LogP contribution in [0.3, 0.4) is 0 Å². The van der Waals surface area contributed by atoms with Crippen LogP contribution in [0.5, 0.6) is 0 Å². The maximum Gasteiger partial charge on any atom is 0.416 e. The summed E-state index contributed by atoms with van der Waals surface area (Å²) in [5.41, 5.74) is -0.397. The molecule has 2 N–H and O–H groups in total. The van der Waals surface area contributed by atoms with E-state index in [1.807, 2.05) is 30.3 Å². The first-order chi connectivity index (χ1) is 16.2. The van der Waals surface area contributed by atoms with Gasteiger partial charge in [-0.1, -0.05) is 42.5 Å². The highest BCUT2D eigenvalue weighted by Crippen LogP contribution is 2.29. The third-order valence-corrected chi connectivity index (χ3v) is 5.14. The number of alkyl halides is 3. The summed E-state index contributed by atoms with van der Waals surface area (Å²) in [5, 5.41) is 5.12. The number of hydrogen-bond donors (Lipinski definition) is 2. The van der Waals surface area contributed by atoms with Gasteiger partial charge in [0.05, 0.1) is 5.56 Å². The fourth-order valence-electron chi connectivity index (χ4n) is 3.33. The Bertz CT molecular complexity index is 1200. The molecule has 1 aromatic heterocycles. The van der Waals surface area contributed by atoms with Gasteiger partial charge < -0.3 is 15.2 Å². The van der Waals surface area contributed by atoms with Crippen LogP contribution in [0, 0.1) is 0 Å². The second-order valence-corrected chi connectivity index (χ2v) is 7.62. The van der Waals surface area contributed by atoms with Crippen LogP contribution in [0.15, 0.2) is 71.8 Å². The zero-order chi connectivity index (χ0) is 24.7. The average Bonchev–Trinajstić information content (AvgIpc) is 2.82. The van der Waals surface area contributed by atoms with E-state index in [1.165, 1.54) is 24.5 Å². The Morgan fingerprint density at radius 2 is 1.44 bits per heavy atom. The fourth-order valence-corrected chi connectivity index (χ4v) is 3.33. The number of carbonyl (C=O) groups excluding carboxylic acids is 2. The first kappa shape index (κ1) is 24.8. The molecule has 0 fully saturated rings. The quantitative estimate of drug-likeness (QED) is 0.525. The Morgan fingerprint density at radius 1 is 0.853 bits per heavy atom. The number of benzene rings is 2. The van der Waals surface area contributed by atoms with Crippen molar-refractivity contribution < 1.29 is 22.8 Å². The van der Waals surface area contributed by atoms with E-state index in [4.69, 9.17) is 0 Å². The van der Waals surface area contributed by atoms with E-state index < -0.39 is 29.0 Å². The van der Waals surface area contributed by atoms with E-state index in [0.29, 0.717) is 25.1 Å². The number of carbonyl (C=O) groups is 2. The lowest BCUT2D eigenvalue weighted by Crippen LogP contribution is -2.35. The lowest BCUT2D eigenvalue weighted by molar-refractivity contribution is -0.137. The minimum Gasteiger partial charge on any atom is -0.352 e. The van der Waals surface area contributed by atoms with Crippen molar-refractivity contribution in [2.75, 3.05) is 6.54 Å². The molecular formula is C25H24F3N3O3. The van der Waals surface area contributed by atoms with Crippen LogP contribution >= 0.6 is 0 Å². The Balaban J connectivity index is 1.81. The zero-order valence-electron chi connectivity index (χ0n) is 18.5. The highest BCUT2D eigenvalue weighted by atomic mass is 19.4. The second kappa shape index (κ2) is 10.8. The summed E-state index contributed by atoms with van der Waals surface area (Å²) in [4.78, 5) is 38.1. The molecule has 178 valence electrons. The molecule has 0 spiro atoms. The number of amides is 2. The molecule has 9 heteroatoms. The maximum atomic E-state index is 12.9. The molecule has 0 unspecified atom stereocenters. The number of rotatable bonds is 8. The second-order valence-electron chi connectivity index (χ2n) is 7.62. The third kappa shape index (κ3) is 6.34. The molecule has 3 aromatic rings. The highest BCUT2D eigenvalue weighted by molar-refractivity contribution is 5.99. The molecule has 6 nitrogen and oxygen atoms in total. The SMILES string of the molecule is CCNC(=O)c1cn(CCc2ccccc2)cc(C(=O)NCc2ccc(C(F)(F)F)cc2)c1=O. The summed E-state index contributed by atoms with van der Waals surface area (Å²) < 4.78 is 39.8. The van der Waals surface area contributed by atoms with Gasteiger partial charge in [-0.15, -0.1) is 0 Å². The molecular weight excluding hydrogens is 447 g/mol. The van der Waals surface area contributed by atoms with Gasteiger partial charge in [-0.05, 0) is 36.6 Å². The number of halogens is 3. The average molecular weight is 471 g/mol. The summed E-state index contributed by atoms with van der Waals surface area (Å²) in [7, 11) is 0. The largest absolute Gasteiger partial charge is 0.416 e. The van der Waals surface area contributed by atoms with Crippen LogP contribution in [-0.4, -0.2) is 22.9 Å². The topological polar surface area (TPSA) is 80.2 Å². The molecule has 3 rings (SSSR count). The summed E-state index contributed by atoms with van der Waals surface area (Å²) >= 11 is 0. The van der Waals surface area contributed by atoms with Crippen LogP contribution in [0.2, 0.25) is 0 Å². The number of aromatic nitrogens is 1. The monoisotopic (exact) mass is 471 g/mol. The van der Waals surface area contributed by atoms with Crippen molar-refractivity contribution in [1.82, 2.24) is 15.2 Å². The molecule has 34 heavy (non-hydrogen) atoms. The van der Waals surface area contributed by atoms with Crippen molar-refractivity contribution in [2.45, 2.75) is 32.6 Å². The predicted octanol–water partition coefficient (Wildman–Crippen LogP) is 3.79. The molecule has 0 aliphatic carbocycles. The smallest absolute Gasteiger partial charge is 0.352 e. The van der Waals surface area contributed by atoms with Gasteiger partial charge in [0, 0.05) is 32.0 Å². The van der Waals surface area contributed by atoms with E-state index in [9.17, 15) is 27.6 Å². The molecule has 0 saturated heterocycles. The van der Waals surface area contributed by atoms with Crippen molar-refractivity contribution in [3.63, 3.8) is 0 Å². The molecule has 1 heterocycles. The van der Waals surface area contributed by atoms with Crippen LogP contribution in [0.25, 0.3) is 0 Å². The lowest BCUT2D eigenvalue weighted by Gasteiger charge is -2.13. The molecule has 0 atom stereocenters. The standard InChI is InChI=1S/C25H24F3N3O3/c1-2-29-23(33)20-15-31(13-12-17-6-4-3-5-7-17)16-21(22(20)32)24(34)30-14-18-8-10-19(11-9-18)25(26,27)28/h3-11,15-16H,2,12-14H2,1H3,(H,29,33)(H,30,34). The highest BCUT2D eigenvalue weighted by Gasteiger charge is 2.30. The Hall–Kier alpha value is -3.88. The normalized spacial score (nSPS) is 11.2. The van der Waals surface area contributed by atoms with Crippen molar-refractivity contribution in [1.29, 1.82) is 0 Å². The minimum atomic E-state index is -4.45. The van der Waals surface area contributed by atoms with Gasteiger partial charge in [-0.2, -0.15) is 13.2 Å². The van der Waals surface area contributed by atoms with Gasteiger partial charge in [0.25, 0.3) is 11.8 Å². The van der Waals surface area contributed by atoms with Crippen LogP contribution in [0.1, 0.15) is 44.3 Å². The Morgan fingerprint density at radius 3 is 2.00 bits per heavy atom. The molecule has 0 radical (unpaired) electrons. The summed E-state index contributed by atoms with van der Waals surface area (Å²) in [5.74, 6) is -1.30. The molecule has 2 aromatic carbocycles. The van der Waals surface area contributed by atoms with E-state index in [0.717, 1.165) is 17.7 Å². The van der Waals surface area contributed by atoms with Gasteiger partial charge in [0.1, 0.15) is 11.1 Å². The molecule has 0 bridgehead atoms. The van der Waals surface area contributed by atoms with Crippen molar-refractivity contribution >= 4 is 11.8 Å². The van der Waals surface area contributed by atoms with Crippen LogP contribution in [-0.2, 0) is 25.7 Å².